The van der Waals surface area contributed by atoms with E-state index in [-0.39, 0.29) is 5.82 Å². The Hall–Kier alpha value is -1.41. The van der Waals surface area contributed by atoms with Crippen molar-refractivity contribution >= 4 is 57.1 Å². The molecule has 23 heavy (non-hydrogen) atoms. The van der Waals surface area contributed by atoms with Gasteiger partial charge in [-0.1, -0.05) is 52.4 Å². The molecule has 2 heterocycles. The van der Waals surface area contributed by atoms with E-state index in [9.17, 15) is 4.39 Å². The summed E-state index contributed by atoms with van der Waals surface area (Å²) in [6, 6.07) is 9.69. The third-order valence-electron chi connectivity index (χ3n) is 2.67. The zero-order valence-electron chi connectivity index (χ0n) is 11.5. The summed E-state index contributed by atoms with van der Waals surface area (Å²) >= 11 is 14.6. The van der Waals surface area contributed by atoms with Crippen molar-refractivity contribution in [3.05, 3.63) is 58.1 Å². The van der Waals surface area contributed by atoms with Crippen LogP contribution in [0.2, 0.25) is 10.3 Å². The summed E-state index contributed by atoms with van der Waals surface area (Å²) in [4.78, 5) is 3.90. The van der Waals surface area contributed by atoms with E-state index in [4.69, 9.17) is 23.2 Å². The average molecular weight is 387 g/mol. The van der Waals surface area contributed by atoms with Crippen LogP contribution in [0.4, 0.5) is 15.2 Å². The van der Waals surface area contributed by atoms with Crippen molar-refractivity contribution < 1.29 is 4.39 Å². The first kappa shape index (κ1) is 16.4. The van der Waals surface area contributed by atoms with E-state index < -0.39 is 0 Å². The third kappa shape index (κ3) is 4.78. The number of thioether (sulfide) groups is 1. The lowest BCUT2D eigenvalue weighted by molar-refractivity contribution is 0.628. The summed E-state index contributed by atoms with van der Waals surface area (Å²) in [5, 5.41) is 12.5. The molecule has 2 aromatic heterocycles. The van der Waals surface area contributed by atoms with Crippen LogP contribution in [0.1, 0.15) is 5.56 Å². The summed E-state index contributed by atoms with van der Waals surface area (Å²) in [6.07, 6.45) is 0. The molecular formula is C14H9Cl2FN4S2. The van der Waals surface area contributed by atoms with Gasteiger partial charge in [0.1, 0.15) is 16.1 Å². The van der Waals surface area contributed by atoms with E-state index in [0.29, 0.717) is 26.9 Å². The van der Waals surface area contributed by atoms with Crippen molar-refractivity contribution in [2.45, 2.75) is 10.1 Å². The van der Waals surface area contributed by atoms with Crippen LogP contribution in [0.5, 0.6) is 0 Å². The number of pyridine rings is 1. The van der Waals surface area contributed by atoms with Crippen LogP contribution in [0.15, 0.2) is 40.7 Å². The summed E-state index contributed by atoms with van der Waals surface area (Å²) in [5.41, 5.74) is 1.58. The van der Waals surface area contributed by atoms with Gasteiger partial charge in [0.15, 0.2) is 4.34 Å². The number of nitrogens with one attached hydrogen (secondary N) is 1. The molecule has 0 radical (unpaired) electrons. The highest BCUT2D eigenvalue weighted by atomic mass is 35.5. The molecule has 0 aliphatic carbocycles. The van der Waals surface area contributed by atoms with Crippen molar-refractivity contribution in [2.75, 3.05) is 5.32 Å². The highest BCUT2D eigenvalue weighted by molar-refractivity contribution is 8.00. The molecule has 0 fully saturated rings. The minimum absolute atomic E-state index is 0.305. The van der Waals surface area contributed by atoms with E-state index in [2.05, 4.69) is 20.5 Å². The van der Waals surface area contributed by atoms with E-state index in [1.54, 1.807) is 24.3 Å². The second-order valence-corrected chi connectivity index (χ2v) is 7.39. The Kier molecular flexibility index (Phi) is 5.32. The van der Waals surface area contributed by atoms with Crippen LogP contribution in [0, 0.1) is 5.82 Å². The van der Waals surface area contributed by atoms with Crippen molar-refractivity contribution in [1.29, 1.82) is 0 Å². The van der Waals surface area contributed by atoms with Gasteiger partial charge in [0.25, 0.3) is 0 Å². The van der Waals surface area contributed by atoms with Gasteiger partial charge in [-0.15, -0.1) is 10.2 Å². The normalized spacial score (nSPS) is 10.7. The predicted molar refractivity (Wildman–Crippen MR) is 93.4 cm³/mol. The summed E-state index contributed by atoms with van der Waals surface area (Å²) < 4.78 is 13.9. The molecule has 0 amide bonds. The SMILES string of the molecule is Fc1cccc(Nc2nnc(SCc3cc(Cl)nc(Cl)c3)s2)c1. The molecule has 9 heteroatoms. The zero-order valence-corrected chi connectivity index (χ0v) is 14.6. The zero-order chi connectivity index (χ0) is 16.2. The molecule has 0 spiro atoms. The predicted octanol–water partition coefficient (Wildman–Crippen LogP) is 5.41. The van der Waals surface area contributed by atoms with Crippen LogP contribution >= 0.6 is 46.3 Å². The fraction of sp³-hybridized carbons (Fsp3) is 0.0714. The summed E-state index contributed by atoms with van der Waals surface area (Å²) in [7, 11) is 0. The topological polar surface area (TPSA) is 50.7 Å². The average Bonchev–Trinajstić information content (AvgIpc) is 2.92. The monoisotopic (exact) mass is 386 g/mol. The number of anilines is 2. The lowest BCUT2D eigenvalue weighted by Crippen LogP contribution is -1.89. The van der Waals surface area contributed by atoms with Crippen molar-refractivity contribution in [3.63, 3.8) is 0 Å². The van der Waals surface area contributed by atoms with Gasteiger partial charge in [0, 0.05) is 11.4 Å². The Balaban J connectivity index is 1.63. The van der Waals surface area contributed by atoms with Gasteiger partial charge in [-0.2, -0.15) is 0 Å². The molecular weight excluding hydrogens is 378 g/mol. The lowest BCUT2D eigenvalue weighted by Gasteiger charge is -2.01. The summed E-state index contributed by atoms with van der Waals surface area (Å²) in [5.74, 6) is 0.344. The number of aromatic nitrogens is 3. The van der Waals surface area contributed by atoms with Crippen LogP contribution in [0.3, 0.4) is 0 Å². The Morgan fingerprint density at radius 3 is 2.65 bits per heavy atom. The number of benzene rings is 1. The molecule has 1 N–H and O–H groups in total. The minimum atomic E-state index is -0.305. The number of rotatable bonds is 5. The largest absolute Gasteiger partial charge is 0.330 e. The van der Waals surface area contributed by atoms with Gasteiger partial charge in [-0.05, 0) is 35.9 Å². The molecule has 0 aliphatic heterocycles. The molecule has 0 saturated carbocycles. The molecule has 0 saturated heterocycles. The first-order valence-electron chi connectivity index (χ1n) is 6.39. The van der Waals surface area contributed by atoms with E-state index in [1.165, 1.54) is 35.2 Å². The fourth-order valence-electron chi connectivity index (χ4n) is 1.75. The van der Waals surface area contributed by atoms with Gasteiger partial charge in [-0.3, -0.25) is 0 Å². The standard InChI is InChI=1S/C14H9Cl2FN4S2/c15-11-4-8(5-12(16)19-11)7-22-14-21-20-13(23-14)18-10-3-1-2-9(17)6-10/h1-6H,7H2,(H,18,20). The Bertz CT molecular complexity index is 808. The van der Waals surface area contributed by atoms with E-state index in [0.717, 1.165) is 9.90 Å². The van der Waals surface area contributed by atoms with Crippen molar-refractivity contribution in [1.82, 2.24) is 15.2 Å². The molecule has 0 atom stereocenters. The van der Waals surface area contributed by atoms with E-state index in [1.807, 2.05) is 0 Å². The van der Waals surface area contributed by atoms with Gasteiger partial charge in [-0.25, -0.2) is 9.37 Å². The first-order chi connectivity index (χ1) is 11.1. The second-order valence-electron chi connectivity index (χ2n) is 4.42. The minimum Gasteiger partial charge on any atom is -0.330 e. The van der Waals surface area contributed by atoms with Gasteiger partial charge in [0.05, 0.1) is 0 Å². The van der Waals surface area contributed by atoms with Gasteiger partial charge < -0.3 is 5.32 Å². The number of hydrogen-bond acceptors (Lipinski definition) is 6. The van der Waals surface area contributed by atoms with Gasteiger partial charge in [0.2, 0.25) is 5.13 Å². The Labute approximate surface area is 150 Å². The van der Waals surface area contributed by atoms with E-state index >= 15 is 0 Å². The maximum Gasteiger partial charge on any atom is 0.210 e. The fourth-order valence-corrected chi connectivity index (χ4v) is 3.96. The van der Waals surface area contributed by atoms with Crippen LogP contribution in [0.25, 0.3) is 0 Å². The van der Waals surface area contributed by atoms with Crippen LogP contribution in [-0.2, 0) is 5.75 Å². The molecule has 1 aromatic carbocycles. The van der Waals surface area contributed by atoms with Gasteiger partial charge >= 0.3 is 0 Å². The maximum atomic E-state index is 13.1. The first-order valence-corrected chi connectivity index (χ1v) is 8.95. The number of nitrogens with zero attached hydrogens (tertiary/aromatic N) is 3. The quantitative estimate of drug-likeness (QED) is 0.468. The molecule has 0 unspecified atom stereocenters. The molecule has 0 bridgehead atoms. The third-order valence-corrected chi connectivity index (χ3v) is 5.10. The smallest absolute Gasteiger partial charge is 0.210 e. The van der Waals surface area contributed by atoms with Crippen molar-refractivity contribution in [3.8, 4) is 0 Å². The lowest BCUT2D eigenvalue weighted by atomic mass is 10.3. The molecule has 118 valence electrons. The number of halogens is 3. The molecule has 3 aromatic rings. The number of hydrogen-bond donors (Lipinski definition) is 1. The Morgan fingerprint density at radius 1 is 1.13 bits per heavy atom. The van der Waals surface area contributed by atoms with Crippen LogP contribution < -0.4 is 5.32 Å². The second kappa shape index (κ2) is 7.44. The highest BCUT2D eigenvalue weighted by Gasteiger charge is 2.07. The highest BCUT2D eigenvalue weighted by Crippen LogP contribution is 2.30. The van der Waals surface area contributed by atoms with Crippen molar-refractivity contribution in [2.24, 2.45) is 0 Å². The molecule has 3 rings (SSSR count). The molecule has 4 nitrogen and oxygen atoms in total. The summed E-state index contributed by atoms with van der Waals surface area (Å²) in [6.45, 7) is 0. The molecule has 0 aliphatic rings. The van der Waals surface area contributed by atoms with Crippen LogP contribution in [-0.4, -0.2) is 15.2 Å². The maximum absolute atomic E-state index is 13.1. The Morgan fingerprint density at radius 2 is 1.91 bits per heavy atom.